The van der Waals surface area contributed by atoms with E-state index in [1.165, 1.54) is 11.3 Å². The Morgan fingerprint density at radius 3 is 2.62 bits per heavy atom. The van der Waals surface area contributed by atoms with Crippen LogP contribution >= 0.6 is 11.3 Å². The summed E-state index contributed by atoms with van der Waals surface area (Å²) in [6.45, 7) is 6.24. The number of thiazole rings is 1. The van der Waals surface area contributed by atoms with Crippen molar-refractivity contribution in [1.29, 1.82) is 0 Å². The van der Waals surface area contributed by atoms with Crippen molar-refractivity contribution in [2.75, 3.05) is 11.9 Å². The summed E-state index contributed by atoms with van der Waals surface area (Å²) in [6, 6.07) is 13.8. The molecule has 1 amide bonds. The standard InChI is InChI=1S/C19H20N2O2S/c1-19(2,3)16-12-24-18(20-16)21-17(22)11-23-15-9-8-13-6-4-5-7-14(13)10-15/h4-10,12H,11H2,1-3H3,(H,20,21,22). The van der Waals surface area contributed by atoms with E-state index in [-0.39, 0.29) is 17.9 Å². The zero-order valence-corrected chi connectivity index (χ0v) is 14.8. The molecule has 0 unspecified atom stereocenters. The number of amides is 1. The Morgan fingerprint density at radius 1 is 1.17 bits per heavy atom. The van der Waals surface area contributed by atoms with Crippen LogP contribution < -0.4 is 10.1 Å². The smallest absolute Gasteiger partial charge is 0.264 e. The second-order valence-corrected chi connectivity index (χ2v) is 7.49. The van der Waals surface area contributed by atoms with Crippen LogP contribution in [0.2, 0.25) is 0 Å². The Morgan fingerprint density at radius 2 is 1.92 bits per heavy atom. The molecule has 3 aromatic rings. The monoisotopic (exact) mass is 340 g/mol. The van der Waals surface area contributed by atoms with E-state index in [1.54, 1.807) is 0 Å². The van der Waals surface area contributed by atoms with E-state index in [2.05, 4.69) is 31.1 Å². The van der Waals surface area contributed by atoms with Crippen LogP contribution in [0.15, 0.2) is 47.8 Å². The predicted molar refractivity (Wildman–Crippen MR) is 98.9 cm³/mol. The average Bonchev–Trinajstić information content (AvgIpc) is 3.01. The van der Waals surface area contributed by atoms with Crippen molar-refractivity contribution in [2.24, 2.45) is 0 Å². The lowest BCUT2D eigenvalue weighted by atomic mass is 9.93. The predicted octanol–water partition coefficient (Wildman–Crippen LogP) is 4.61. The summed E-state index contributed by atoms with van der Waals surface area (Å²) in [5.74, 6) is 0.469. The number of fused-ring (bicyclic) bond motifs is 1. The lowest BCUT2D eigenvalue weighted by molar-refractivity contribution is -0.118. The number of nitrogens with one attached hydrogen (secondary N) is 1. The summed E-state index contributed by atoms with van der Waals surface area (Å²) in [5.41, 5.74) is 0.944. The molecule has 5 heteroatoms. The van der Waals surface area contributed by atoms with Gasteiger partial charge in [-0.05, 0) is 22.9 Å². The molecular formula is C19H20N2O2S. The number of hydrogen-bond donors (Lipinski definition) is 1. The second-order valence-electron chi connectivity index (χ2n) is 6.63. The van der Waals surface area contributed by atoms with Crippen molar-refractivity contribution < 1.29 is 9.53 Å². The zero-order chi connectivity index (χ0) is 17.2. The third-order valence-electron chi connectivity index (χ3n) is 3.61. The molecule has 0 saturated carbocycles. The molecule has 0 spiro atoms. The zero-order valence-electron chi connectivity index (χ0n) is 14.0. The Hall–Kier alpha value is -2.40. The third kappa shape index (κ3) is 3.92. The van der Waals surface area contributed by atoms with Gasteiger partial charge in [-0.1, -0.05) is 51.1 Å². The van der Waals surface area contributed by atoms with E-state index < -0.39 is 0 Å². The Labute approximate surface area is 145 Å². The van der Waals surface area contributed by atoms with E-state index >= 15 is 0 Å². The molecule has 3 rings (SSSR count). The lowest BCUT2D eigenvalue weighted by Crippen LogP contribution is -2.20. The number of rotatable bonds is 4. The van der Waals surface area contributed by atoms with Gasteiger partial charge >= 0.3 is 0 Å². The largest absolute Gasteiger partial charge is 0.484 e. The minimum atomic E-state index is -0.210. The van der Waals surface area contributed by atoms with Crippen molar-refractivity contribution in [1.82, 2.24) is 4.98 Å². The topological polar surface area (TPSA) is 51.2 Å². The van der Waals surface area contributed by atoms with Gasteiger partial charge in [-0.3, -0.25) is 10.1 Å². The molecule has 24 heavy (non-hydrogen) atoms. The molecule has 0 bridgehead atoms. The second kappa shape index (κ2) is 6.61. The van der Waals surface area contributed by atoms with Crippen molar-refractivity contribution >= 4 is 33.1 Å². The summed E-state index contributed by atoms with van der Waals surface area (Å²) < 4.78 is 5.59. The van der Waals surface area contributed by atoms with Crippen LogP contribution in [0.1, 0.15) is 26.5 Å². The fraction of sp³-hybridized carbons (Fsp3) is 0.263. The Kier molecular flexibility index (Phi) is 4.53. The molecule has 0 saturated heterocycles. The molecular weight excluding hydrogens is 320 g/mol. The summed E-state index contributed by atoms with van der Waals surface area (Å²) in [4.78, 5) is 16.5. The van der Waals surface area contributed by atoms with Crippen LogP contribution in [0.5, 0.6) is 5.75 Å². The highest BCUT2D eigenvalue weighted by Crippen LogP contribution is 2.26. The van der Waals surface area contributed by atoms with E-state index in [9.17, 15) is 4.79 Å². The quantitative estimate of drug-likeness (QED) is 0.754. The molecule has 0 fully saturated rings. The number of carbonyl (C=O) groups excluding carboxylic acids is 1. The number of benzene rings is 2. The Bertz CT molecular complexity index is 865. The highest BCUT2D eigenvalue weighted by atomic mass is 32.1. The summed E-state index contributed by atoms with van der Waals surface area (Å²) >= 11 is 1.43. The van der Waals surface area contributed by atoms with Gasteiger partial charge in [-0.25, -0.2) is 4.98 Å². The normalized spacial score (nSPS) is 11.5. The SMILES string of the molecule is CC(C)(C)c1csc(NC(=O)COc2ccc3ccccc3c2)n1. The van der Waals surface area contributed by atoms with Crippen molar-refractivity contribution in [3.63, 3.8) is 0 Å². The highest BCUT2D eigenvalue weighted by Gasteiger charge is 2.18. The first-order chi connectivity index (χ1) is 11.4. The van der Waals surface area contributed by atoms with E-state index in [0.717, 1.165) is 16.5 Å². The van der Waals surface area contributed by atoms with Gasteiger partial charge in [0.15, 0.2) is 11.7 Å². The molecule has 0 atom stereocenters. The van der Waals surface area contributed by atoms with Gasteiger partial charge in [0.05, 0.1) is 5.69 Å². The van der Waals surface area contributed by atoms with E-state index in [0.29, 0.717) is 10.9 Å². The number of nitrogens with zero attached hydrogens (tertiary/aromatic N) is 1. The maximum absolute atomic E-state index is 12.0. The maximum Gasteiger partial charge on any atom is 0.264 e. The number of ether oxygens (including phenoxy) is 1. The summed E-state index contributed by atoms with van der Waals surface area (Å²) in [7, 11) is 0. The number of hydrogen-bond acceptors (Lipinski definition) is 4. The van der Waals surface area contributed by atoms with Crippen LogP contribution in [0.4, 0.5) is 5.13 Å². The minimum Gasteiger partial charge on any atom is -0.484 e. The molecule has 0 radical (unpaired) electrons. The van der Waals surface area contributed by atoms with Crippen LogP contribution in [-0.4, -0.2) is 17.5 Å². The average molecular weight is 340 g/mol. The molecule has 4 nitrogen and oxygen atoms in total. The molecule has 0 aliphatic heterocycles. The lowest BCUT2D eigenvalue weighted by Gasteiger charge is -2.14. The van der Waals surface area contributed by atoms with Gasteiger partial charge in [-0.15, -0.1) is 11.3 Å². The fourth-order valence-corrected chi connectivity index (χ4v) is 3.19. The van der Waals surface area contributed by atoms with Gasteiger partial charge in [0.25, 0.3) is 5.91 Å². The Balaban J connectivity index is 1.59. The van der Waals surface area contributed by atoms with E-state index in [1.807, 2.05) is 47.8 Å². The van der Waals surface area contributed by atoms with Crippen LogP contribution in [0.3, 0.4) is 0 Å². The van der Waals surface area contributed by atoms with Crippen molar-refractivity contribution in [3.8, 4) is 5.75 Å². The summed E-state index contributed by atoms with van der Waals surface area (Å²) in [6.07, 6.45) is 0. The van der Waals surface area contributed by atoms with E-state index in [4.69, 9.17) is 4.74 Å². The van der Waals surface area contributed by atoms with Gasteiger partial charge in [0.1, 0.15) is 5.75 Å². The molecule has 124 valence electrons. The number of aromatic nitrogens is 1. The highest BCUT2D eigenvalue weighted by molar-refractivity contribution is 7.13. The fourth-order valence-electron chi connectivity index (χ4n) is 2.24. The van der Waals surface area contributed by atoms with Gasteiger partial charge < -0.3 is 4.74 Å². The van der Waals surface area contributed by atoms with Gasteiger partial charge in [0.2, 0.25) is 0 Å². The summed E-state index contributed by atoms with van der Waals surface area (Å²) in [5, 5.41) is 7.59. The molecule has 2 aromatic carbocycles. The minimum absolute atomic E-state index is 0.0267. The van der Waals surface area contributed by atoms with Crippen molar-refractivity contribution in [3.05, 3.63) is 53.5 Å². The molecule has 0 aliphatic carbocycles. The van der Waals surface area contributed by atoms with Crippen LogP contribution in [0.25, 0.3) is 10.8 Å². The number of carbonyl (C=O) groups is 1. The first kappa shape index (κ1) is 16.5. The molecule has 1 aromatic heterocycles. The molecule has 0 aliphatic rings. The third-order valence-corrected chi connectivity index (χ3v) is 4.37. The van der Waals surface area contributed by atoms with Gasteiger partial charge in [0, 0.05) is 10.8 Å². The van der Waals surface area contributed by atoms with Crippen LogP contribution in [0, 0.1) is 0 Å². The molecule has 1 N–H and O–H groups in total. The first-order valence-electron chi connectivity index (χ1n) is 7.79. The van der Waals surface area contributed by atoms with Gasteiger partial charge in [-0.2, -0.15) is 0 Å². The molecule has 1 heterocycles. The van der Waals surface area contributed by atoms with Crippen LogP contribution in [-0.2, 0) is 10.2 Å². The number of anilines is 1. The maximum atomic E-state index is 12.0. The first-order valence-corrected chi connectivity index (χ1v) is 8.67. The van der Waals surface area contributed by atoms with Crippen molar-refractivity contribution in [2.45, 2.75) is 26.2 Å².